The molecule has 0 bridgehead atoms. The Bertz CT molecular complexity index is 1020. The van der Waals surface area contributed by atoms with E-state index in [2.05, 4.69) is 25.9 Å². The molecule has 9 nitrogen and oxygen atoms in total. The predicted molar refractivity (Wildman–Crippen MR) is 134 cm³/mol. The van der Waals surface area contributed by atoms with Crippen LogP contribution >= 0.6 is 12.2 Å². The van der Waals surface area contributed by atoms with Gasteiger partial charge in [0.25, 0.3) is 0 Å². The summed E-state index contributed by atoms with van der Waals surface area (Å²) in [6, 6.07) is 9.85. The molecule has 3 saturated heterocycles. The van der Waals surface area contributed by atoms with Gasteiger partial charge in [-0.2, -0.15) is 5.10 Å². The highest BCUT2D eigenvalue weighted by atomic mass is 32.1. The van der Waals surface area contributed by atoms with E-state index in [4.69, 9.17) is 12.2 Å². The first kappa shape index (κ1) is 22.8. The number of hydrogen-bond acceptors (Lipinski definition) is 5. The van der Waals surface area contributed by atoms with E-state index >= 15 is 0 Å². The molecule has 0 aliphatic carbocycles. The maximum Gasteiger partial charge on any atom is 0.237 e. The predicted octanol–water partition coefficient (Wildman–Crippen LogP) is 1.50. The molecule has 1 aromatic carbocycles. The van der Waals surface area contributed by atoms with Gasteiger partial charge < -0.3 is 20.9 Å². The summed E-state index contributed by atoms with van der Waals surface area (Å²) < 4.78 is 1.80. The van der Waals surface area contributed by atoms with E-state index in [1.54, 1.807) is 10.9 Å². The molecule has 3 N–H and O–H groups in total. The highest BCUT2D eigenvalue weighted by Gasteiger charge is 2.43. The average Bonchev–Trinajstić information content (AvgIpc) is 3.61. The Kier molecular flexibility index (Phi) is 6.77. The number of piperazine rings is 1. The van der Waals surface area contributed by atoms with E-state index in [1.165, 1.54) is 0 Å². The van der Waals surface area contributed by atoms with Gasteiger partial charge in [-0.25, -0.2) is 4.68 Å². The number of thiocarbonyl (C=S) groups is 1. The molecule has 10 heteroatoms. The van der Waals surface area contributed by atoms with Gasteiger partial charge in [0.05, 0.1) is 11.7 Å². The lowest BCUT2D eigenvalue weighted by atomic mass is 10.0. The molecule has 3 unspecified atom stereocenters. The van der Waals surface area contributed by atoms with Crippen LogP contribution in [0, 0.1) is 0 Å². The van der Waals surface area contributed by atoms with Gasteiger partial charge in [0.2, 0.25) is 11.8 Å². The van der Waals surface area contributed by atoms with Crippen LogP contribution in [0.3, 0.4) is 0 Å². The molecule has 1 aromatic heterocycles. The number of anilines is 1. The smallest absolute Gasteiger partial charge is 0.237 e. The van der Waals surface area contributed by atoms with Crippen molar-refractivity contribution in [1.82, 2.24) is 30.2 Å². The molecule has 0 radical (unpaired) electrons. The van der Waals surface area contributed by atoms with Crippen LogP contribution in [0.2, 0.25) is 0 Å². The number of rotatable bonds is 6. The molecule has 0 spiro atoms. The highest BCUT2D eigenvalue weighted by molar-refractivity contribution is 7.80. The summed E-state index contributed by atoms with van der Waals surface area (Å²) in [6.45, 7) is 3.10. The quantitative estimate of drug-likeness (QED) is 0.539. The van der Waals surface area contributed by atoms with Crippen LogP contribution < -0.4 is 16.0 Å². The number of carbonyl (C=O) groups excluding carboxylic acids is 2. The molecule has 2 aromatic rings. The molecule has 0 saturated carbocycles. The minimum atomic E-state index is -0.172. The van der Waals surface area contributed by atoms with Crippen LogP contribution in [0.5, 0.6) is 0 Å². The molecule has 3 atom stereocenters. The van der Waals surface area contributed by atoms with Crippen molar-refractivity contribution in [2.24, 2.45) is 0 Å². The molecule has 180 valence electrons. The normalized spacial score (nSPS) is 24.5. The monoisotopic (exact) mass is 481 g/mol. The van der Waals surface area contributed by atoms with Gasteiger partial charge in [0, 0.05) is 62.8 Å². The lowest BCUT2D eigenvalue weighted by Crippen LogP contribution is -2.58. The fourth-order valence-corrected chi connectivity index (χ4v) is 5.52. The second-order valence-electron chi connectivity index (χ2n) is 9.27. The highest BCUT2D eigenvalue weighted by Crippen LogP contribution is 2.26. The zero-order valence-corrected chi connectivity index (χ0v) is 20.0. The first-order chi connectivity index (χ1) is 16.6. The third-order valence-electron chi connectivity index (χ3n) is 7.00. The minimum absolute atomic E-state index is 0.0690. The van der Waals surface area contributed by atoms with Crippen molar-refractivity contribution in [3.63, 3.8) is 0 Å². The molecule has 34 heavy (non-hydrogen) atoms. The van der Waals surface area contributed by atoms with E-state index in [9.17, 15) is 9.59 Å². The number of nitrogens with one attached hydrogen (secondary N) is 3. The fourth-order valence-electron chi connectivity index (χ4n) is 5.23. The van der Waals surface area contributed by atoms with Gasteiger partial charge in [-0.1, -0.05) is 0 Å². The summed E-state index contributed by atoms with van der Waals surface area (Å²) in [6.07, 6.45) is 7.86. The standard InChI is InChI=1S/C24H31N7O2S/c32-22(29-11-1-2-12-29)9-8-20-15-25-23(33)21-14-18(16-30(20)21)28-24(34)27-17-4-6-19(7-5-17)31-13-3-10-26-31/h3-7,10,13,18,20-21H,1-2,8-9,11-12,14-16H2,(H,25,33)(H2,27,28,34). The van der Waals surface area contributed by atoms with Crippen LogP contribution in [0.1, 0.15) is 32.1 Å². The molecule has 5 rings (SSSR count). The molecule has 3 aliphatic heterocycles. The Balaban J connectivity index is 1.13. The summed E-state index contributed by atoms with van der Waals surface area (Å²) in [5.74, 6) is 0.309. The summed E-state index contributed by atoms with van der Waals surface area (Å²) in [5, 5.41) is 14.4. The topological polar surface area (TPSA) is 94.5 Å². The molecule has 2 amide bonds. The summed E-state index contributed by atoms with van der Waals surface area (Å²) in [5.41, 5.74) is 1.86. The van der Waals surface area contributed by atoms with Crippen LogP contribution in [0.15, 0.2) is 42.7 Å². The fraction of sp³-hybridized carbons (Fsp3) is 0.500. The number of nitrogens with zero attached hydrogens (tertiary/aromatic N) is 4. The summed E-state index contributed by atoms with van der Waals surface area (Å²) in [7, 11) is 0. The van der Waals surface area contributed by atoms with Gasteiger partial charge >= 0.3 is 0 Å². The third kappa shape index (κ3) is 5.07. The largest absolute Gasteiger partial charge is 0.358 e. The Morgan fingerprint density at radius 3 is 2.74 bits per heavy atom. The van der Waals surface area contributed by atoms with Crippen LogP contribution in [0.4, 0.5) is 5.69 Å². The average molecular weight is 482 g/mol. The summed E-state index contributed by atoms with van der Waals surface area (Å²) in [4.78, 5) is 29.2. The van der Waals surface area contributed by atoms with E-state index < -0.39 is 0 Å². The maximum atomic E-state index is 12.5. The van der Waals surface area contributed by atoms with E-state index in [1.807, 2.05) is 41.4 Å². The van der Waals surface area contributed by atoms with Crippen molar-refractivity contribution in [3.05, 3.63) is 42.7 Å². The van der Waals surface area contributed by atoms with Crippen molar-refractivity contribution in [2.75, 3.05) is 31.5 Å². The van der Waals surface area contributed by atoms with Gasteiger partial charge in [-0.3, -0.25) is 14.5 Å². The van der Waals surface area contributed by atoms with E-state index in [-0.39, 0.29) is 29.9 Å². The minimum Gasteiger partial charge on any atom is -0.358 e. The molecular formula is C24H31N7O2S. The Morgan fingerprint density at radius 1 is 1.21 bits per heavy atom. The van der Waals surface area contributed by atoms with Gasteiger partial charge in [0.1, 0.15) is 0 Å². The van der Waals surface area contributed by atoms with Crippen molar-refractivity contribution in [3.8, 4) is 5.69 Å². The first-order valence-electron chi connectivity index (χ1n) is 12.1. The number of benzene rings is 1. The first-order valence-corrected chi connectivity index (χ1v) is 12.5. The number of likely N-dealkylation sites (tertiary alicyclic amines) is 1. The third-order valence-corrected chi connectivity index (χ3v) is 7.22. The van der Waals surface area contributed by atoms with Crippen LogP contribution in [-0.2, 0) is 9.59 Å². The Labute approximate surface area is 204 Å². The van der Waals surface area contributed by atoms with Gasteiger partial charge in [-0.05, 0) is 68.2 Å². The van der Waals surface area contributed by atoms with Crippen molar-refractivity contribution in [2.45, 2.75) is 50.2 Å². The number of hydrogen-bond donors (Lipinski definition) is 3. The second-order valence-corrected chi connectivity index (χ2v) is 9.67. The lowest BCUT2D eigenvalue weighted by molar-refractivity contribution is -0.131. The maximum absolute atomic E-state index is 12.5. The summed E-state index contributed by atoms with van der Waals surface area (Å²) >= 11 is 5.55. The molecule has 3 aliphatic rings. The van der Waals surface area contributed by atoms with Crippen LogP contribution in [0.25, 0.3) is 5.69 Å². The van der Waals surface area contributed by atoms with Gasteiger partial charge in [0.15, 0.2) is 5.11 Å². The van der Waals surface area contributed by atoms with E-state index in [0.717, 1.165) is 50.3 Å². The number of fused-ring (bicyclic) bond motifs is 1. The Morgan fingerprint density at radius 2 is 2.00 bits per heavy atom. The zero-order valence-electron chi connectivity index (χ0n) is 19.2. The SMILES string of the molecule is O=C1NCC(CCC(=O)N2CCCC2)N2CC(NC(=S)Nc3ccc(-n4cccn4)cc3)CC12. The van der Waals surface area contributed by atoms with Crippen LogP contribution in [-0.4, -0.2) is 80.8 Å². The van der Waals surface area contributed by atoms with Crippen molar-refractivity contribution >= 4 is 34.8 Å². The Hall–Kier alpha value is -2.98. The number of aromatic nitrogens is 2. The van der Waals surface area contributed by atoms with Crippen molar-refractivity contribution in [1.29, 1.82) is 0 Å². The second kappa shape index (κ2) is 10.1. The number of amides is 2. The van der Waals surface area contributed by atoms with E-state index in [0.29, 0.717) is 24.5 Å². The van der Waals surface area contributed by atoms with Gasteiger partial charge in [-0.15, -0.1) is 0 Å². The zero-order chi connectivity index (χ0) is 23.5. The lowest BCUT2D eigenvalue weighted by Gasteiger charge is -2.37. The number of carbonyl (C=O) groups is 2. The molecule has 4 heterocycles. The van der Waals surface area contributed by atoms with Crippen molar-refractivity contribution < 1.29 is 9.59 Å². The molecular weight excluding hydrogens is 450 g/mol. The molecule has 3 fully saturated rings.